The number of H-pyrrole nitrogens is 1. The van der Waals surface area contributed by atoms with E-state index < -0.39 is 0 Å². The molecule has 5 heteroatoms. The number of nitrogens with zero attached hydrogens (tertiary/aromatic N) is 1. The molecular weight excluding hydrogens is 290 g/mol. The lowest BCUT2D eigenvalue weighted by Gasteiger charge is -2.31. The zero-order valence-electron chi connectivity index (χ0n) is 13.7. The number of benzene rings is 1. The third-order valence-electron chi connectivity index (χ3n) is 4.60. The van der Waals surface area contributed by atoms with Gasteiger partial charge < -0.3 is 10.3 Å². The number of aryl methyl sites for hydroxylation is 1. The first-order valence-corrected chi connectivity index (χ1v) is 8.13. The Labute approximate surface area is 135 Å². The van der Waals surface area contributed by atoms with E-state index in [-0.39, 0.29) is 17.4 Å². The SMILES string of the molecule is CNC(=O)[C@@H]1CCCN(Cc2cc3ccc(C)cc3[nH]c2=O)C1. The smallest absolute Gasteiger partial charge is 0.252 e. The van der Waals surface area contributed by atoms with E-state index in [0.717, 1.165) is 41.4 Å². The molecule has 2 N–H and O–H groups in total. The van der Waals surface area contributed by atoms with Gasteiger partial charge in [0.1, 0.15) is 0 Å². The van der Waals surface area contributed by atoms with Crippen LogP contribution in [0.3, 0.4) is 0 Å². The summed E-state index contributed by atoms with van der Waals surface area (Å²) < 4.78 is 0. The van der Waals surface area contributed by atoms with Gasteiger partial charge in [-0.3, -0.25) is 14.5 Å². The summed E-state index contributed by atoms with van der Waals surface area (Å²) in [6.45, 7) is 4.24. The van der Waals surface area contributed by atoms with Crippen molar-refractivity contribution in [1.82, 2.24) is 15.2 Å². The lowest BCUT2D eigenvalue weighted by atomic mass is 9.97. The first kappa shape index (κ1) is 15.7. The fraction of sp³-hybridized carbons (Fsp3) is 0.444. The van der Waals surface area contributed by atoms with E-state index in [1.54, 1.807) is 7.05 Å². The number of carbonyl (C=O) groups excluding carboxylic acids is 1. The Morgan fingerprint density at radius 1 is 1.39 bits per heavy atom. The summed E-state index contributed by atoms with van der Waals surface area (Å²) in [4.78, 5) is 29.3. The molecule has 122 valence electrons. The van der Waals surface area contributed by atoms with Gasteiger partial charge in [0, 0.05) is 31.2 Å². The molecule has 2 aromatic rings. The topological polar surface area (TPSA) is 65.2 Å². The molecule has 0 saturated carbocycles. The summed E-state index contributed by atoms with van der Waals surface area (Å²) in [5, 5.41) is 3.77. The van der Waals surface area contributed by atoms with Crippen LogP contribution in [0.15, 0.2) is 29.1 Å². The predicted molar refractivity (Wildman–Crippen MR) is 91.4 cm³/mol. The second kappa shape index (κ2) is 6.54. The number of carbonyl (C=O) groups is 1. The van der Waals surface area contributed by atoms with E-state index in [2.05, 4.69) is 15.2 Å². The number of nitrogens with one attached hydrogen (secondary N) is 2. The Morgan fingerprint density at radius 3 is 3.00 bits per heavy atom. The Hall–Kier alpha value is -2.14. The maximum absolute atomic E-state index is 12.3. The number of likely N-dealkylation sites (tertiary alicyclic amines) is 1. The van der Waals surface area contributed by atoms with Crippen LogP contribution in [-0.4, -0.2) is 35.9 Å². The molecule has 1 atom stereocenters. The van der Waals surface area contributed by atoms with Gasteiger partial charge >= 0.3 is 0 Å². The quantitative estimate of drug-likeness (QED) is 0.908. The summed E-state index contributed by atoms with van der Waals surface area (Å²) in [6.07, 6.45) is 1.91. The molecule has 0 spiro atoms. The van der Waals surface area contributed by atoms with E-state index in [1.807, 2.05) is 31.2 Å². The molecule has 0 bridgehead atoms. The lowest BCUT2D eigenvalue weighted by Crippen LogP contribution is -2.42. The molecule has 1 aromatic carbocycles. The van der Waals surface area contributed by atoms with Gasteiger partial charge in [-0.2, -0.15) is 0 Å². The molecule has 1 aliphatic heterocycles. The van der Waals surface area contributed by atoms with Crippen LogP contribution in [0.5, 0.6) is 0 Å². The van der Waals surface area contributed by atoms with E-state index in [0.29, 0.717) is 13.1 Å². The zero-order chi connectivity index (χ0) is 16.4. The largest absolute Gasteiger partial charge is 0.359 e. The van der Waals surface area contributed by atoms with Gasteiger partial charge in [-0.05, 0) is 49.4 Å². The number of aromatic amines is 1. The number of rotatable bonds is 3. The molecule has 1 aromatic heterocycles. The molecular formula is C18H23N3O2. The Balaban J connectivity index is 1.81. The fourth-order valence-corrected chi connectivity index (χ4v) is 3.34. The highest BCUT2D eigenvalue weighted by molar-refractivity contribution is 5.79. The number of fused-ring (bicyclic) bond motifs is 1. The minimum atomic E-state index is -0.0369. The number of piperidine rings is 1. The molecule has 0 aliphatic carbocycles. The molecule has 0 unspecified atom stereocenters. The highest BCUT2D eigenvalue weighted by Crippen LogP contribution is 2.19. The summed E-state index contributed by atoms with van der Waals surface area (Å²) >= 11 is 0. The molecule has 1 amide bonds. The summed E-state index contributed by atoms with van der Waals surface area (Å²) in [6, 6.07) is 8.04. The normalized spacial score (nSPS) is 19.0. The predicted octanol–water partition coefficient (Wildman–Crippen LogP) is 1.79. The second-order valence-corrected chi connectivity index (χ2v) is 6.40. The van der Waals surface area contributed by atoms with Crippen molar-refractivity contribution >= 4 is 16.8 Å². The average Bonchev–Trinajstić information content (AvgIpc) is 2.55. The molecule has 1 aliphatic rings. The van der Waals surface area contributed by atoms with Crippen LogP contribution >= 0.6 is 0 Å². The van der Waals surface area contributed by atoms with Crippen LogP contribution in [0.2, 0.25) is 0 Å². The molecule has 5 nitrogen and oxygen atoms in total. The molecule has 0 radical (unpaired) electrons. The third-order valence-corrected chi connectivity index (χ3v) is 4.60. The van der Waals surface area contributed by atoms with Gasteiger partial charge in [-0.1, -0.05) is 12.1 Å². The van der Waals surface area contributed by atoms with Crippen molar-refractivity contribution in [1.29, 1.82) is 0 Å². The summed E-state index contributed by atoms with van der Waals surface area (Å²) in [5.74, 6) is 0.119. The summed E-state index contributed by atoms with van der Waals surface area (Å²) in [7, 11) is 1.68. The van der Waals surface area contributed by atoms with E-state index in [9.17, 15) is 9.59 Å². The van der Waals surface area contributed by atoms with Crippen molar-refractivity contribution in [3.8, 4) is 0 Å². The second-order valence-electron chi connectivity index (χ2n) is 6.40. The van der Waals surface area contributed by atoms with Crippen molar-refractivity contribution < 1.29 is 4.79 Å². The van der Waals surface area contributed by atoms with Gasteiger partial charge in [0.05, 0.1) is 5.92 Å². The van der Waals surface area contributed by atoms with Crippen molar-refractivity contribution in [2.45, 2.75) is 26.3 Å². The number of pyridine rings is 1. The number of hydrogen-bond donors (Lipinski definition) is 2. The van der Waals surface area contributed by atoms with E-state index in [4.69, 9.17) is 0 Å². The van der Waals surface area contributed by atoms with Gasteiger partial charge in [0.2, 0.25) is 5.91 Å². The van der Waals surface area contributed by atoms with Gasteiger partial charge in [-0.15, -0.1) is 0 Å². The van der Waals surface area contributed by atoms with Crippen LogP contribution in [0.25, 0.3) is 10.9 Å². The highest BCUT2D eigenvalue weighted by Gasteiger charge is 2.25. The molecule has 2 heterocycles. The van der Waals surface area contributed by atoms with Crippen molar-refractivity contribution in [2.75, 3.05) is 20.1 Å². The first-order valence-electron chi connectivity index (χ1n) is 8.13. The van der Waals surface area contributed by atoms with Crippen molar-refractivity contribution in [2.24, 2.45) is 5.92 Å². The maximum Gasteiger partial charge on any atom is 0.252 e. The number of aromatic nitrogens is 1. The Morgan fingerprint density at radius 2 is 2.22 bits per heavy atom. The standard InChI is InChI=1S/C18H23N3O2/c1-12-5-6-13-9-15(18(23)20-16(13)8-12)11-21-7-3-4-14(10-21)17(22)19-2/h5-6,8-9,14H,3-4,7,10-11H2,1-2H3,(H,19,22)(H,20,23)/t14-/m1/s1. The Kier molecular flexibility index (Phi) is 4.48. The van der Waals surface area contributed by atoms with Crippen LogP contribution in [0, 0.1) is 12.8 Å². The van der Waals surface area contributed by atoms with Gasteiger partial charge in [0.15, 0.2) is 0 Å². The fourth-order valence-electron chi connectivity index (χ4n) is 3.34. The average molecular weight is 313 g/mol. The minimum Gasteiger partial charge on any atom is -0.359 e. The van der Waals surface area contributed by atoms with Crippen LogP contribution in [0.4, 0.5) is 0 Å². The highest BCUT2D eigenvalue weighted by atomic mass is 16.1. The van der Waals surface area contributed by atoms with Crippen molar-refractivity contribution in [3.05, 3.63) is 45.7 Å². The van der Waals surface area contributed by atoms with Gasteiger partial charge in [0.25, 0.3) is 5.56 Å². The molecule has 1 saturated heterocycles. The van der Waals surface area contributed by atoms with Crippen LogP contribution in [0.1, 0.15) is 24.0 Å². The first-order chi connectivity index (χ1) is 11.1. The van der Waals surface area contributed by atoms with E-state index >= 15 is 0 Å². The number of hydrogen-bond acceptors (Lipinski definition) is 3. The summed E-state index contributed by atoms with van der Waals surface area (Å²) in [5.41, 5.74) is 2.73. The van der Waals surface area contributed by atoms with Gasteiger partial charge in [-0.25, -0.2) is 0 Å². The Bertz CT molecular complexity index is 781. The van der Waals surface area contributed by atoms with Crippen LogP contribution < -0.4 is 10.9 Å². The third kappa shape index (κ3) is 3.45. The lowest BCUT2D eigenvalue weighted by molar-refractivity contribution is -0.126. The number of amides is 1. The molecule has 23 heavy (non-hydrogen) atoms. The zero-order valence-corrected chi connectivity index (χ0v) is 13.7. The van der Waals surface area contributed by atoms with Crippen molar-refractivity contribution in [3.63, 3.8) is 0 Å². The molecule has 3 rings (SSSR count). The molecule has 1 fully saturated rings. The monoisotopic (exact) mass is 313 g/mol. The van der Waals surface area contributed by atoms with Crippen LogP contribution in [-0.2, 0) is 11.3 Å². The minimum absolute atomic E-state index is 0.0240. The maximum atomic E-state index is 12.3. The van der Waals surface area contributed by atoms with E-state index in [1.165, 1.54) is 0 Å².